The van der Waals surface area contributed by atoms with Crippen molar-refractivity contribution >= 4 is 17.5 Å². The first-order valence-electron chi connectivity index (χ1n) is 5.62. The van der Waals surface area contributed by atoms with Crippen LogP contribution in [0.5, 0.6) is 0 Å². The maximum atomic E-state index is 11.2. The van der Waals surface area contributed by atoms with E-state index < -0.39 is 0 Å². The molecule has 0 aliphatic rings. The van der Waals surface area contributed by atoms with Crippen molar-refractivity contribution in [2.75, 3.05) is 5.75 Å². The highest BCUT2D eigenvalue weighted by atomic mass is 32.2. The van der Waals surface area contributed by atoms with Gasteiger partial charge in [0, 0.05) is 10.5 Å². The van der Waals surface area contributed by atoms with Gasteiger partial charge in [0.05, 0.1) is 0 Å². The Bertz CT molecular complexity index is 363. The predicted octanol–water partition coefficient (Wildman–Crippen LogP) is 4.42. The van der Waals surface area contributed by atoms with E-state index in [1.54, 1.807) is 6.92 Å². The minimum absolute atomic E-state index is 0.137. The molecule has 1 aromatic carbocycles. The molecule has 0 atom stereocenters. The van der Waals surface area contributed by atoms with Crippen molar-refractivity contribution in [2.24, 2.45) is 5.41 Å². The summed E-state index contributed by atoms with van der Waals surface area (Å²) in [6, 6.07) is 7.88. The predicted molar refractivity (Wildman–Crippen MR) is 71.2 cm³/mol. The molecule has 0 unspecified atom stereocenters. The molecule has 2 heteroatoms. The number of carbonyl (C=O) groups is 1. The second kappa shape index (κ2) is 5.53. The zero-order chi connectivity index (χ0) is 12.2. The number of hydrogen-bond donors (Lipinski definition) is 0. The minimum Gasteiger partial charge on any atom is -0.295 e. The van der Waals surface area contributed by atoms with Crippen molar-refractivity contribution in [1.29, 1.82) is 0 Å². The lowest BCUT2D eigenvalue weighted by molar-refractivity contribution is 0.101. The van der Waals surface area contributed by atoms with Gasteiger partial charge in [0.2, 0.25) is 0 Å². The molecule has 1 aromatic rings. The first kappa shape index (κ1) is 13.3. The molecule has 1 nitrogen and oxygen atoms in total. The molecule has 0 amide bonds. The van der Waals surface area contributed by atoms with Crippen molar-refractivity contribution in [3.63, 3.8) is 0 Å². The maximum Gasteiger partial charge on any atom is 0.159 e. The number of thioether (sulfide) groups is 1. The van der Waals surface area contributed by atoms with Crippen LogP contribution in [0.2, 0.25) is 0 Å². The SMILES string of the molecule is CC(=O)c1cccc(SCCC(C)(C)C)c1. The van der Waals surface area contributed by atoms with Crippen LogP contribution in [0, 0.1) is 5.41 Å². The van der Waals surface area contributed by atoms with Gasteiger partial charge in [-0.25, -0.2) is 0 Å². The van der Waals surface area contributed by atoms with Crippen LogP contribution >= 0.6 is 11.8 Å². The van der Waals surface area contributed by atoms with Crippen molar-refractivity contribution < 1.29 is 4.79 Å². The fraction of sp³-hybridized carbons (Fsp3) is 0.500. The van der Waals surface area contributed by atoms with Gasteiger partial charge in [-0.1, -0.05) is 32.9 Å². The number of ketones is 1. The standard InChI is InChI=1S/C14H20OS/c1-11(15)12-6-5-7-13(10-12)16-9-8-14(2,3)4/h5-7,10H,8-9H2,1-4H3. The summed E-state index contributed by atoms with van der Waals surface area (Å²) in [4.78, 5) is 12.4. The van der Waals surface area contributed by atoms with Crippen molar-refractivity contribution in [2.45, 2.75) is 39.0 Å². The Morgan fingerprint density at radius 1 is 1.31 bits per heavy atom. The van der Waals surface area contributed by atoms with E-state index in [2.05, 4.69) is 26.8 Å². The number of rotatable bonds is 4. The second-order valence-electron chi connectivity index (χ2n) is 5.24. The van der Waals surface area contributed by atoms with Gasteiger partial charge in [0.15, 0.2) is 5.78 Å². The van der Waals surface area contributed by atoms with Crippen LogP contribution < -0.4 is 0 Å². The van der Waals surface area contributed by atoms with Crippen LogP contribution in [0.3, 0.4) is 0 Å². The highest BCUT2D eigenvalue weighted by molar-refractivity contribution is 7.99. The van der Waals surface area contributed by atoms with E-state index in [0.29, 0.717) is 5.41 Å². The summed E-state index contributed by atoms with van der Waals surface area (Å²) < 4.78 is 0. The molecule has 1 rings (SSSR count). The van der Waals surface area contributed by atoms with Gasteiger partial charge in [-0.15, -0.1) is 11.8 Å². The maximum absolute atomic E-state index is 11.2. The van der Waals surface area contributed by atoms with Gasteiger partial charge >= 0.3 is 0 Å². The van der Waals surface area contributed by atoms with Crippen LogP contribution in [0.1, 0.15) is 44.5 Å². The third kappa shape index (κ3) is 4.84. The summed E-state index contributed by atoms with van der Waals surface area (Å²) in [7, 11) is 0. The lowest BCUT2D eigenvalue weighted by Crippen LogP contribution is -2.05. The molecular formula is C14H20OS. The largest absolute Gasteiger partial charge is 0.295 e. The molecule has 0 aliphatic carbocycles. The average molecular weight is 236 g/mol. The zero-order valence-electron chi connectivity index (χ0n) is 10.5. The summed E-state index contributed by atoms with van der Waals surface area (Å²) in [6.45, 7) is 8.36. The Hall–Kier alpha value is -0.760. The van der Waals surface area contributed by atoms with Crippen molar-refractivity contribution in [3.05, 3.63) is 29.8 Å². The highest BCUT2D eigenvalue weighted by Gasteiger charge is 2.09. The fourth-order valence-corrected chi connectivity index (χ4v) is 2.62. The van der Waals surface area contributed by atoms with E-state index in [9.17, 15) is 4.79 Å². The fourth-order valence-electron chi connectivity index (χ4n) is 1.28. The highest BCUT2D eigenvalue weighted by Crippen LogP contribution is 2.26. The van der Waals surface area contributed by atoms with Gasteiger partial charge in [-0.05, 0) is 36.6 Å². The van der Waals surface area contributed by atoms with E-state index in [-0.39, 0.29) is 5.78 Å². The Morgan fingerprint density at radius 2 is 2.00 bits per heavy atom. The summed E-state index contributed by atoms with van der Waals surface area (Å²) in [5, 5.41) is 0. The summed E-state index contributed by atoms with van der Waals surface area (Å²) >= 11 is 1.83. The van der Waals surface area contributed by atoms with E-state index in [0.717, 1.165) is 11.3 Å². The Morgan fingerprint density at radius 3 is 2.56 bits per heavy atom. The topological polar surface area (TPSA) is 17.1 Å². The molecule has 0 aromatic heterocycles. The first-order valence-corrected chi connectivity index (χ1v) is 6.61. The number of Topliss-reactive ketones (excluding diaryl/α,β-unsaturated/α-hetero) is 1. The van der Waals surface area contributed by atoms with Crippen molar-refractivity contribution in [3.8, 4) is 0 Å². The van der Waals surface area contributed by atoms with Gasteiger partial charge in [0.25, 0.3) is 0 Å². The van der Waals surface area contributed by atoms with Gasteiger partial charge in [-0.3, -0.25) is 4.79 Å². The summed E-state index contributed by atoms with van der Waals surface area (Å²) in [5.41, 5.74) is 1.19. The van der Waals surface area contributed by atoms with Gasteiger partial charge < -0.3 is 0 Å². The van der Waals surface area contributed by atoms with E-state index in [1.165, 1.54) is 11.3 Å². The molecule has 0 bridgehead atoms. The molecule has 0 N–H and O–H groups in total. The summed E-state index contributed by atoms with van der Waals surface area (Å²) in [5.74, 6) is 1.24. The minimum atomic E-state index is 0.137. The molecule has 0 heterocycles. The number of benzene rings is 1. The van der Waals surface area contributed by atoms with E-state index in [4.69, 9.17) is 0 Å². The lowest BCUT2D eigenvalue weighted by atomic mass is 9.94. The van der Waals surface area contributed by atoms with Crippen LogP contribution in [-0.2, 0) is 0 Å². The third-order valence-corrected chi connectivity index (χ3v) is 3.36. The molecular weight excluding hydrogens is 216 g/mol. The quantitative estimate of drug-likeness (QED) is 0.568. The Kier molecular flexibility index (Phi) is 4.60. The molecule has 0 saturated carbocycles. The van der Waals surface area contributed by atoms with Crippen molar-refractivity contribution in [1.82, 2.24) is 0 Å². The normalized spacial score (nSPS) is 11.5. The Balaban J connectivity index is 2.55. The van der Waals surface area contributed by atoms with Crippen LogP contribution in [0.25, 0.3) is 0 Å². The molecule has 88 valence electrons. The third-order valence-electron chi connectivity index (χ3n) is 2.36. The molecule has 0 fully saturated rings. The molecule has 0 saturated heterocycles. The average Bonchev–Trinajstić information content (AvgIpc) is 2.16. The Labute approximate surface area is 103 Å². The van der Waals surface area contributed by atoms with Crippen LogP contribution in [0.4, 0.5) is 0 Å². The number of carbonyl (C=O) groups excluding carboxylic acids is 1. The van der Waals surface area contributed by atoms with Crippen LogP contribution in [0.15, 0.2) is 29.2 Å². The smallest absolute Gasteiger partial charge is 0.159 e. The van der Waals surface area contributed by atoms with E-state index >= 15 is 0 Å². The van der Waals surface area contributed by atoms with Gasteiger partial charge in [-0.2, -0.15) is 0 Å². The summed E-state index contributed by atoms with van der Waals surface area (Å²) in [6.07, 6.45) is 1.18. The van der Waals surface area contributed by atoms with Crippen LogP contribution in [-0.4, -0.2) is 11.5 Å². The second-order valence-corrected chi connectivity index (χ2v) is 6.41. The number of hydrogen-bond acceptors (Lipinski definition) is 2. The lowest BCUT2D eigenvalue weighted by Gasteiger charge is -2.17. The monoisotopic (exact) mass is 236 g/mol. The molecule has 0 radical (unpaired) electrons. The van der Waals surface area contributed by atoms with Gasteiger partial charge in [0.1, 0.15) is 0 Å². The molecule has 0 spiro atoms. The zero-order valence-corrected chi connectivity index (χ0v) is 11.4. The molecule has 16 heavy (non-hydrogen) atoms. The first-order chi connectivity index (χ1) is 7.38. The van der Waals surface area contributed by atoms with E-state index in [1.807, 2.05) is 30.0 Å². The molecule has 0 aliphatic heterocycles.